The SMILES string of the molecule is CCCCOC(=O)N1CCN(Cc2nn(C(=O)O)c3ccccc23)[C@@H](C)C1. The maximum atomic E-state index is 12.1. The van der Waals surface area contributed by atoms with Crippen molar-refractivity contribution in [1.82, 2.24) is 19.6 Å². The molecular weight excluding hydrogens is 348 g/mol. The number of carbonyl (C=O) groups is 2. The van der Waals surface area contributed by atoms with Crippen molar-refractivity contribution in [3.8, 4) is 0 Å². The van der Waals surface area contributed by atoms with Crippen molar-refractivity contribution in [1.29, 1.82) is 0 Å². The van der Waals surface area contributed by atoms with Crippen LogP contribution in [0.4, 0.5) is 9.59 Å². The van der Waals surface area contributed by atoms with E-state index in [9.17, 15) is 14.7 Å². The predicted molar refractivity (Wildman–Crippen MR) is 101 cm³/mol. The van der Waals surface area contributed by atoms with E-state index in [1.807, 2.05) is 12.1 Å². The van der Waals surface area contributed by atoms with Crippen molar-refractivity contribution in [2.75, 3.05) is 26.2 Å². The third-order valence-electron chi connectivity index (χ3n) is 4.94. The van der Waals surface area contributed by atoms with Crippen LogP contribution in [0.25, 0.3) is 10.9 Å². The molecule has 0 bridgehead atoms. The molecule has 2 heterocycles. The van der Waals surface area contributed by atoms with Crippen LogP contribution in [0.2, 0.25) is 0 Å². The molecule has 1 N–H and O–H groups in total. The molecule has 1 amide bonds. The summed E-state index contributed by atoms with van der Waals surface area (Å²) in [7, 11) is 0. The Morgan fingerprint density at radius 1 is 1.30 bits per heavy atom. The van der Waals surface area contributed by atoms with Gasteiger partial charge in [-0.25, -0.2) is 9.59 Å². The van der Waals surface area contributed by atoms with Crippen molar-refractivity contribution in [2.45, 2.75) is 39.3 Å². The van der Waals surface area contributed by atoms with Crippen LogP contribution >= 0.6 is 0 Å². The van der Waals surface area contributed by atoms with E-state index in [0.29, 0.717) is 38.3 Å². The number of carboxylic acid groups (broad SMARTS) is 1. The Labute approximate surface area is 158 Å². The molecule has 3 rings (SSSR count). The maximum Gasteiger partial charge on any atom is 0.432 e. The minimum Gasteiger partial charge on any atom is -0.463 e. The van der Waals surface area contributed by atoms with Gasteiger partial charge in [0.15, 0.2) is 0 Å². The molecule has 0 spiro atoms. The molecule has 2 aromatic rings. The predicted octanol–water partition coefficient (Wildman–Crippen LogP) is 3.01. The van der Waals surface area contributed by atoms with Crippen molar-refractivity contribution in [3.05, 3.63) is 30.0 Å². The molecule has 1 aromatic heterocycles. The van der Waals surface area contributed by atoms with Crippen molar-refractivity contribution < 1.29 is 19.4 Å². The van der Waals surface area contributed by atoms with Crippen LogP contribution in [0.5, 0.6) is 0 Å². The number of piperazine rings is 1. The highest BCUT2D eigenvalue weighted by Crippen LogP contribution is 2.22. The fourth-order valence-corrected chi connectivity index (χ4v) is 3.38. The van der Waals surface area contributed by atoms with Gasteiger partial charge in [-0.15, -0.1) is 0 Å². The lowest BCUT2D eigenvalue weighted by atomic mass is 10.1. The summed E-state index contributed by atoms with van der Waals surface area (Å²) in [5, 5.41) is 14.5. The Balaban J connectivity index is 1.67. The number of amides is 1. The Kier molecular flexibility index (Phi) is 5.95. The number of hydrogen-bond donors (Lipinski definition) is 1. The Bertz CT molecular complexity index is 819. The summed E-state index contributed by atoms with van der Waals surface area (Å²) in [5.41, 5.74) is 1.32. The van der Waals surface area contributed by atoms with E-state index in [2.05, 4.69) is 23.8 Å². The summed E-state index contributed by atoms with van der Waals surface area (Å²) >= 11 is 0. The minimum atomic E-state index is -1.09. The molecule has 27 heavy (non-hydrogen) atoms. The van der Waals surface area contributed by atoms with Gasteiger partial charge in [-0.05, 0) is 19.4 Å². The summed E-state index contributed by atoms with van der Waals surface area (Å²) in [6, 6.07) is 7.47. The topological polar surface area (TPSA) is 87.9 Å². The number of ether oxygens (including phenoxy) is 1. The lowest BCUT2D eigenvalue weighted by Crippen LogP contribution is -2.53. The average Bonchev–Trinajstić information content (AvgIpc) is 3.02. The van der Waals surface area contributed by atoms with E-state index in [0.717, 1.165) is 28.6 Å². The second-order valence-electron chi connectivity index (χ2n) is 6.89. The molecule has 1 aliphatic heterocycles. The Morgan fingerprint density at radius 2 is 2.07 bits per heavy atom. The number of benzene rings is 1. The Hall–Kier alpha value is -2.61. The highest BCUT2D eigenvalue weighted by atomic mass is 16.6. The van der Waals surface area contributed by atoms with Crippen LogP contribution in [-0.2, 0) is 11.3 Å². The molecule has 0 radical (unpaired) electrons. The Morgan fingerprint density at radius 3 is 2.78 bits per heavy atom. The molecule has 8 heteroatoms. The quantitative estimate of drug-likeness (QED) is 0.810. The first-order chi connectivity index (χ1) is 13.0. The summed E-state index contributed by atoms with van der Waals surface area (Å²) in [6.07, 6.45) is 0.523. The van der Waals surface area contributed by atoms with Gasteiger partial charge in [0.2, 0.25) is 0 Å². The molecule has 1 aliphatic rings. The number of aromatic nitrogens is 2. The molecule has 1 atom stereocenters. The minimum absolute atomic E-state index is 0.131. The van der Waals surface area contributed by atoms with Gasteiger partial charge in [-0.2, -0.15) is 9.78 Å². The third-order valence-corrected chi connectivity index (χ3v) is 4.94. The van der Waals surface area contributed by atoms with Crippen molar-refractivity contribution in [3.63, 3.8) is 0 Å². The zero-order chi connectivity index (χ0) is 19.4. The van der Waals surface area contributed by atoms with E-state index in [1.54, 1.807) is 17.0 Å². The van der Waals surface area contributed by atoms with Crippen LogP contribution in [-0.4, -0.2) is 69.2 Å². The summed E-state index contributed by atoms with van der Waals surface area (Å²) in [5.74, 6) is 0. The first kappa shape index (κ1) is 19.2. The van der Waals surface area contributed by atoms with Gasteiger partial charge in [-0.3, -0.25) is 4.90 Å². The second-order valence-corrected chi connectivity index (χ2v) is 6.89. The van der Waals surface area contributed by atoms with E-state index in [1.165, 1.54) is 0 Å². The average molecular weight is 374 g/mol. The summed E-state index contributed by atoms with van der Waals surface area (Å²) in [4.78, 5) is 27.5. The van der Waals surface area contributed by atoms with E-state index >= 15 is 0 Å². The lowest BCUT2D eigenvalue weighted by Gasteiger charge is -2.39. The van der Waals surface area contributed by atoms with Crippen molar-refractivity contribution >= 4 is 23.1 Å². The first-order valence-electron chi connectivity index (χ1n) is 9.37. The van der Waals surface area contributed by atoms with Gasteiger partial charge < -0.3 is 14.7 Å². The molecule has 0 aliphatic carbocycles. The van der Waals surface area contributed by atoms with Gasteiger partial charge in [0.05, 0.1) is 17.8 Å². The smallest absolute Gasteiger partial charge is 0.432 e. The van der Waals surface area contributed by atoms with Crippen molar-refractivity contribution in [2.24, 2.45) is 0 Å². The summed E-state index contributed by atoms with van der Waals surface area (Å²) < 4.78 is 6.32. The molecular formula is C19H26N4O4. The third kappa shape index (κ3) is 4.21. The molecule has 0 saturated carbocycles. The number of unbranched alkanes of at least 4 members (excludes halogenated alkanes) is 1. The normalized spacial score (nSPS) is 18.0. The number of nitrogens with zero attached hydrogens (tertiary/aromatic N) is 4. The molecule has 146 valence electrons. The fourth-order valence-electron chi connectivity index (χ4n) is 3.38. The van der Waals surface area contributed by atoms with Gasteiger partial charge in [0.1, 0.15) is 0 Å². The molecule has 1 aromatic carbocycles. The van der Waals surface area contributed by atoms with Crippen LogP contribution in [0.1, 0.15) is 32.4 Å². The van der Waals surface area contributed by atoms with Crippen LogP contribution in [0, 0.1) is 0 Å². The molecule has 1 saturated heterocycles. The highest BCUT2D eigenvalue weighted by Gasteiger charge is 2.28. The number of carbonyl (C=O) groups excluding carboxylic acids is 1. The first-order valence-corrected chi connectivity index (χ1v) is 9.37. The number of para-hydroxylation sites is 1. The van der Waals surface area contributed by atoms with Gasteiger partial charge in [0, 0.05) is 37.6 Å². The van der Waals surface area contributed by atoms with E-state index in [-0.39, 0.29) is 12.1 Å². The van der Waals surface area contributed by atoms with Gasteiger partial charge >= 0.3 is 12.2 Å². The summed E-state index contributed by atoms with van der Waals surface area (Å²) in [6.45, 7) is 6.99. The number of rotatable bonds is 5. The van der Waals surface area contributed by atoms with Crippen LogP contribution in [0.3, 0.4) is 0 Å². The van der Waals surface area contributed by atoms with Gasteiger partial charge in [0.25, 0.3) is 0 Å². The number of hydrogen-bond acceptors (Lipinski definition) is 5. The monoisotopic (exact) mass is 374 g/mol. The number of fused-ring (bicyclic) bond motifs is 1. The maximum absolute atomic E-state index is 12.1. The molecule has 0 unspecified atom stereocenters. The van der Waals surface area contributed by atoms with Crippen LogP contribution in [0.15, 0.2) is 24.3 Å². The standard InChI is InChI=1S/C19H26N4O4/c1-3-4-11-27-19(26)22-10-9-21(14(2)12-22)13-16-15-7-5-6-8-17(15)23(20-16)18(24)25/h5-8,14H,3-4,9-13H2,1-2H3,(H,24,25)/t14-/m0/s1. The van der Waals surface area contributed by atoms with E-state index < -0.39 is 6.09 Å². The van der Waals surface area contributed by atoms with Crippen LogP contribution < -0.4 is 0 Å². The fraction of sp³-hybridized carbons (Fsp3) is 0.526. The van der Waals surface area contributed by atoms with E-state index in [4.69, 9.17) is 4.74 Å². The molecule has 8 nitrogen and oxygen atoms in total. The lowest BCUT2D eigenvalue weighted by molar-refractivity contribution is 0.0513. The zero-order valence-electron chi connectivity index (χ0n) is 15.8. The second kappa shape index (κ2) is 8.39. The van der Waals surface area contributed by atoms with Gasteiger partial charge in [-0.1, -0.05) is 31.5 Å². The molecule has 1 fully saturated rings. The highest BCUT2D eigenvalue weighted by molar-refractivity contribution is 5.89. The zero-order valence-corrected chi connectivity index (χ0v) is 15.8. The largest absolute Gasteiger partial charge is 0.463 e.